The quantitative estimate of drug-likeness (QED) is 0.769. The van der Waals surface area contributed by atoms with Gasteiger partial charge < -0.3 is 15.6 Å². The van der Waals surface area contributed by atoms with Crippen molar-refractivity contribution in [1.29, 1.82) is 0 Å². The molecule has 0 aliphatic rings. The lowest BCUT2D eigenvalue weighted by Gasteiger charge is -2.17. The van der Waals surface area contributed by atoms with Crippen LogP contribution in [0.2, 0.25) is 0 Å². The minimum absolute atomic E-state index is 0.377. The van der Waals surface area contributed by atoms with E-state index in [4.69, 9.17) is 10.5 Å². The van der Waals surface area contributed by atoms with Gasteiger partial charge in [0.1, 0.15) is 11.6 Å². The molecule has 0 spiro atoms. The first-order valence-corrected chi connectivity index (χ1v) is 4.33. The summed E-state index contributed by atoms with van der Waals surface area (Å²) in [5.41, 5.74) is 5.89. The summed E-state index contributed by atoms with van der Waals surface area (Å²) in [5.74, 6) is 0.0247. The van der Waals surface area contributed by atoms with E-state index in [-0.39, 0.29) is 0 Å². The zero-order valence-corrected chi connectivity index (χ0v) is 8.20. The van der Waals surface area contributed by atoms with Crippen molar-refractivity contribution in [3.05, 3.63) is 29.6 Å². The van der Waals surface area contributed by atoms with Crippen molar-refractivity contribution in [2.75, 3.05) is 7.11 Å². The summed E-state index contributed by atoms with van der Waals surface area (Å²) in [6, 6.07) is 3.50. The van der Waals surface area contributed by atoms with E-state index in [9.17, 15) is 9.50 Å². The van der Waals surface area contributed by atoms with Gasteiger partial charge in [-0.05, 0) is 25.1 Å². The molecule has 1 rings (SSSR count). The van der Waals surface area contributed by atoms with E-state index in [0.717, 1.165) is 0 Å². The Bertz CT molecular complexity index is 315. The van der Waals surface area contributed by atoms with Gasteiger partial charge in [-0.1, -0.05) is 0 Å². The lowest BCUT2D eigenvalue weighted by Crippen LogP contribution is -2.24. The highest BCUT2D eigenvalue weighted by Crippen LogP contribution is 2.27. The number of aliphatic hydroxyl groups excluding tert-OH is 1. The van der Waals surface area contributed by atoms with Crippen molar-refractivity contribution in [1.82, 2.24) is 0 Å². The fourth-order valence-corrected chi connectivity index (χ4v) is 1.22. The summed E-state index contributed by atoms with van der Waals surface area (Å²) in [6.45, 7) is 1.65. The summed E-state index contributed by atoms with van der Waals surface area (Å²) in [7, 11) is 1.46. The molecule has 2 atom stereocenters. The van der Waals surface area contributed by atoms with E-state index < -0.39 is 18.0 Å². The van der Waals surface area contributed by atoms with E-state index in [0.29, 0.717) is 11.3 Å². The number of nitrogens with two attached hydrogens (primary N) is 1. The minimum Gasteiger partial charge on any atom is -0.496 e. The van der Waals surface area contributed by atoms with Crippen LogP contribution < -0.4 is 10.5 Å². The molecule has 0 fully saturated rings. The van der Waals surface area contributed by atoms with Crippen molar-refractivity contribution < 1.29 is 14.2 Å². The summed E-state index contributed by atoms with van der Waals surface area (Å²) in [6.07, 6.45) is -0.916. The van der Waals surface area contributed by atoms with Crippen LogP contribution in [-0.2, 0) is 0 Å². The molecule has 1 unspecified atom stereocenters. The van der Waals surface area contributed by atoms with Crippen molar-refractivity contribution >= 4 is 0 Å². The highest BCUT2D eigenvalue weighted by atomic mass is 19.1. The predicted molar refractivity (Wildman–Crippen MR) is 51.6 cm³/mol. The van der Waals surface area contributed by atoms with Gasteiger partial charge in [-0.3, -0.25) is 0 Å². The average molecular weight is 199 g/mol. The van der Waals surface area contributed by atoms with Crippen molar-refractivity contribution in [3.8, 4) is 5.75 Å². The predicted octanol–water partition coefficient (Wildman–Crippen LogP) is 1.21. The lowest BCUT2D eigenvalue weighted by atomic mass is 10.0. The van der Waals surface area contributed by atoms with E-state index in [2.05, 4.69) is 0 Å². The van der Waals surface area contributed by atoms with Gasteiger partial charge in [0.15, 0.2) is 0 Å². The molecule has 0 amide bonds. The second-order valence-corrected chi connectivity index (χ2v) is 3.19. The third-order valence-electron chi connectivity index (χ3n) is 2.01. The van der Waals surface area contributed by atoms with Crippen LogP contribution in [0.1, 0.15) is 18.6 Å². The Kier molecular flexibility index (Phi) is 3.43. The number of aliphatic hydroxyl groups is 1. The Labute approximate surface area is 82.3 Å². The van der Waals surface area contributed by atoms with Crippen molar-refractivity contribution in [2.45, 2.75) is 19.1 Å². The molecule has 3 nitrogen and oxygen atoms in total. The number of hydrogen-bond acceptors (Lipinski definition) is 3. The summed E-state index contributed by atoms with van der Waals surface area (Å²) >= 11 is 0. The molecule has 0 aromatic heterocycles. The van der Waals surface area contributed by atoms with Crippen LogP contribution in [0.25, 0.3) is 0 Å². The molecule has 1 aromatic rings. The molecule has 14 heavy (non-hydrogen) atoms. The van der Waals surface area contributed by atoms with Crippen LogP contribution in [0, 0.1) is 5.82 Å². The van der Waals surface area contributed by atoms with Crippen LogP contribution in [0.5, 0.6) is 5.75 Å². The van der Waals surface area contributed by atoms with Gasteiger partial charge in [-0.25, -0.2) is 4.39 Å². The molecule has 0 saturated heterocycles. The van der Waals surface area contributed by atoms with Gasteiger partial charge in [0.05, 0.1) is 13.2 Å². The van der Waals surface area contributed by atoms with Gasteiger partial charge in [0.2, 0.25) is 0 Å². The number of ether oxygens (including phenoxy) is 1. The van der Waals surface area contributed by atoms with Crippen LogP contribution in [0.3, 0.4) is 0 Å². The second kappa shape index (κ2) is 4.39. The number of hydrogen-bond donors (Lipinski definition) is 2. The molecule has 78 valence electrons. The van der Waals surface area contributed by atoms with Gasteiger partial charge in [0.25, 0.3) is 0 Å². The molecular formula is C10H14FNO2. The molecule has 0 aliphatic carbocycles. The molecule has 4 heteroatoms. The third kappa shape index (κ3) is 2.21. The van der Waals surface area contributed by atoms with Crippen LogP contribution in [0.4, 0.5) is 4.39 Å². The van der Waals surface area contributed by atoms with E-state index >= 15 is 0 Å². The van der Waals surface area contributed by atoms with Gasteiger partial charge in [-0.15, -0.1) is 0 Å². The summed E-state index contributed by atoms with van der Waals surface area (Å²) < 4.78 is 17.9. The van der Waals surface area contributed by atoms with E-state index in [1.165, 1.54) is 25.3 Å². The fourth-order valence-electron chi connectivity index (χ4n) is 1.22. The van der Waals surface area contributed by atoms with Gasteiger partial charge in [-0.2, -0.15) is 0 Å². The second-order valence-electron chi connectivity index (χ2n) is 3.19. The molecule has 0 bridgehead atoms. The van der Waals surface area contributed by atoms with E-state index in [1.807, 2.05) is 0 Å². The maximum atomic E-state index is 12.9. The lowest BCUT2D eigenvalue weighted by molar-refractivity contribution is 0.149. The number of halogens is 1. The minimum atomic E-state index is -0.916. The average Bonchev–Trinajstić information content (AvgIpc) is 2.16. The largest absolute Gasteiger partial charge is 0.496 e. The Hall–Kier alpha value is -1.13. The van der Waals surface area contributed by atoms with Crippen molar-refractivity contribution in [3.63, 3.8) is 0 Å². The van der Waals surface area contributed by atoms with Gasteiger partial charge >= 0.3 is 0 Å². The van der Waals surface area contributed by atoms with E-state index in [1.54, 1.807) is 6.92 Å². The fraction of sp³-hybridized carbons (Fsp3) is 0.400. The highest BCUT2D eigenvalue weighted by molar-refractivity contribution is 5.36. The number of benzene rings is 1. The van der Waals surface area contributed by atoms with Crippen LogP contribution in [-0.4, -0.2) is 18.3 Å². The monoisotopic (exact) mass is 199 g/mol. The first-order chi connectivity index (χ1) is 6.56. The maximum absolute atomic E-state index is 12.9. The molecule has 0 radical (unpaired) electrons. The number of rotatable bonds is 3. The van der Waals surface area contributed by atoms with Gasteiger partial charge in [0, 0.05) is 11.6 Å². The molecule has 0 saturated carbocycles. The Morgan fingerprint density at radius 1 is 1.50 bits per heavy atom. The molecular weight excluding hydrogens is 185 g/mol. The zero-order valence-electron chi connectivity index (χ0n) is 8.20. The normalized spacial score (nSPS) is 14.9. The number of methoxy groups -OCH3 is 1. The standard InChI is InChI=1S/C10H14FNO2/c1-6(12)10(13)8-5-7(11)3-4-9(8)14-2/h3-6,10,13H,12H2,1-2H3/t6-,10?/m1/s1. The summed E-state index contributed by atoms with van der Waals surface area (Å²) in [4.78, 5) is 0. The molecule has 0 aliphatic heterocycles. The molecule has 0 heterocycles. The Morgan fingerprint density at radius 3 is 2.64 bits per heavy atom. The molecule has 1 aromatic carbocycles. The Morgan fingerprint density at radius 2 is 2.14 bits per heavy atom. The molecule has 3 N–H and O–H groups in total. The highest BCUT2D eigenvalue weighted by Gasteiger charge is 2.17. The summed E-state index contributed by atoms with van der Waals surface area (Å²) in [5, 5.41) is 9.66. The first kappa shape index (κ1) is 10.9. The third-order valence-corrected chi connectivity index (χ3v) is 2.01. The Balaban J connectivity index is 3.10. The SMILES string of the molecule is COc1ccc(F)cc1C(O)[C@@H](C)N. The van der Waals surface area contributed by atoms with Crippen molar-refractivity contribution in [2.24, 2.45) is 5.73 Å². The van der Waals surface area contributed by atoms with Crippen LogP contribution >= 0.6 is 0 Å². The first-order valence-electron chi connectivity index (χ1n) is 4.33. The van der Waals surface area contributed by atoms with Crippen LogP contribution in [0.15, 0.2) is 18.2 Å². The topological polar surface area (TPSA) is 55.5 Å². The zero-order chi connectivity index (χ0) is 10.7. The smallest absolute Gasteiger partial charge is 0.124 e. The maximum Gasteiger partial charge on any atom is 0.124 e.